The van der Waals surface area contributed by atoms with Crippen molar-refractivity contribution in [3.8, 4) is 5.75 Å². The number of amides is 2. The van der Waals surface area contributed by atoms with Crippen LogP contribution in [0, 0.1) is 0 Å². The maximum Gasteiger partial charge on any atom is 0.305 e. The molecule has 30 heavy (non-hydrogen) atoms. The van der Waals surface area contributed by atoms with Crippen LogP contribution >= 0.6 is 0 Å². The number of aromatic amines is 1. The van der Waals surface area contributed by atoms with Gasteiger partial charge in [-0.1, -0.05) is 18.2 Å². The number of allylic oxidation sites excluding steroid dienone is 1. The van der Waals surface area contributed by atoms with Gasteiger partial charge in [0, 0.05) is 19.3 Å². The monoisotopic (exact) mass is 416 g/mol. The second-order valence-electron chi connectivity index (χ2n) is 5.81. The molecule has 1 heterocycles. The zero-order chi connectivity index (χ0) is 22.5. The Bertz CT molecular complexity index is 937. The first kappa shape index (κ1) is 24.1. The van der Waals surface area contributed by atoms with Crippen LogP contribution in [0.5, 0.6) is 5.75 Å². The average molecular weight is 416 g/mol. The second-order valence-corrected chi connectivity index (χ2v) is 5.81. The number of nitrogens with zero attached hydrogens (tertiary/aromatic N) is 1. The fourth-order valence-corrected chi connectivity index (χ4v) is 2.06. The third-order valence-electron chi connectivity index (χ3n) is 3.50. The van der Waals surface area contributed by atoms with E-state index in [9.17, 15) is 19.2 Å². The number of rotatable bonds is 8. The molecule has 2 rings (SSSR count). The lowest BCUT2D eigenvalue weighted by Crippen LogP contribution is -2.33. The first-order valence-corrected chi connectivity index (χ1v) is 8.89. The number of ether oxygens (including phenoxy) is 1. The van der Waals surface area contributed by atoms with Gasteiger partial charge in [-0.15, -0.1) is 6.58 Å². The summed E-state index contributed by atoms with van der Waals surface area (Å²) in [4.78, 5) is 52.3. The van der Waals surface area contributed by atoms with E-state index in [4.69, 9.17) is 9.84 Å². The molecule has 0 fully saturated rings. The van der Waals surface area contributed by atoms with Crippen LogP contribution in [-0.4, -0.2) is 46.5 Å². The summed E-state index contributed by atoms with van der Waals surface area (Å²) in [5.74, 6) is -2.07. The Balaban J connectivity index is 0.00000141. The number of H-pyrrole nitrogens is 1. The molecule has 0 spiro atoms. The van der Waals surface area contributed by atoms with Crippen molar-refractivity contribution in [1.82, 2.24) is 20.6 Å². The Labute approximate surface area is 173 Å². The number of nitrogens with one attached hydrogen (secondary N) is 3. The predicted molar refractivity (Wildman–Crippen MR) is 109 cm³/mol. The van der Waals surface area contributed by atoms with Crippen molar-refractivity contribution in [2.75, 3.05) is 13.7 Å². The van der Waals surface area contributed by atoms with E-state index in [1.54, 1.807) is 37.5 Å². The predicted octanol–water partition coefficient (Wildman–Crippen LogP) is 1.11. The Kier molecular flexibility index (Phi) is 10.0. The molecule has 1 aromatic heterocycles. The van der Waals surface area contributed by atoms with Crippen molar-refractivity contribution < 1.29 is 24.2 Å². The van der Waals surface area contributed by atoms with Crippen LogP contribution in [0.4, 0.5) is 0 Å². The molecule has 10 heteroatoms. The van der Waals surface area contributed by atoms with Crippen molar-refractivity contribution in [3.63, 3.8) is 0 Å². The van der Waals surface area contributed by atoms with E-state index in [1.807, 2.05) is 6.92 Å². The van der Waals surface area contributed by atoms with E-state index in [1.165, 1.54) is 0 Å². The van der Waals surface area contributed by atoms with Crippen LogP contribution in [0.15, 0.2) is 47.9 Å². The Morgan fingerprint density at radius 1 is 1.20 bits per heavy atom. The van der Waals surface area contributed by atoms with E-state index in [0.29, 0.717) is 5.75 Å². The molecule has 160 valence electrons. The van der Waals surface area contributed by atoms with Crippen LogP contribution in [0.1, 0.15) is 39.9 Å². The molecule has 0 aliphatic rings. The van der Waals surface area contributed by atoms with Gasteiger partial charge < -0.3 is 25.5 Å². The highest BCUT2D eigenvalue weighted by Gasteiger charge is 2.15. The summed E-state index contributed by atoms with van der Waals surface area (Å²) in [7, 11) is 1.55. The van der Waals surface area contributed by atoms with Crippen LogP contribution < -0.4 is 20.9 Å². The largest absolute Gasteiger partial charge is 0.497 e. The number of carboxylic acids is 1. The summed E-state index contributed by atoms with van der Waals surface area (Å²) in [6, 6.07) is 7.03. The van der Waals surface area contributed by atoms with Gasteiger partial charge in [-0.05, 0) is 24.6 Å². The number of carbonyl (C=O) groups is 3. The summed E-state index contributed by atoms with van der Waals surface area (Å²) < 4.78 is 5.04. The maximum atomic E-state index is 12.1. The van der Waals surface area contributed by atoms with Gasteiger partial charge in [-0.2, -0.15) is 0 Å². The van der Waals surface area contributed by atoms with Crippen molar-refractivity contribution in [2.24, 2.45) is 0 Å². The Morgan fingerprint density at radius 2 is 1.83 bits per heavy atom. The number of benzene rings is 1. The van der Waals surface area contributed by atoms with Crippen molar-refractivity contribution in [1.29, 1.82) is 0 Å². The number of aromatic nitrogens is 2. The first-order chi connectivity index (χ1) is 14.3. The second kappa shape index (κ2) is 12.5. The lowest BCUT2D eigenvalue weighted by molar-refractivity contribution is -0.136. The summed E-state index contributed by atoms with van der Waals surface area (Å²) in [5.41, 5.74) is -0.214. The summed E-state index contributed by atoms with van der Waals surface area (Å²) in [6.45, 7) is 5.33. The van der Waals surface area contributed by atoms with E-state index >= 15 is 0 Å². The highest BCUT2D eigenvalue weighted by molar-refractivity contribution is 5.94. The topological polar surface area (TPSA) is 150 Å². The van der Waals surface area contributed by atoms with E-state index in [0.717, 1.165) is 11.8 Å². The zero-order valence-electron chi connectivity index (χ0n) is 16.7. The summed E-state index contributed by atoms with van der Waals surface area (Å²) >= 11 is 0. The number of aliphatic carboxylic acids is 1. The molecule has 4 N–H and O–H groups in total. The smallest absolute Gasteiger partial charge is 0.305 e. The zero-order valence-corrected chi connectivity index (χ0v) is 16.7. The van der Waals surface area contributed by atoms with Crippen molar-refractivity contribution in [3.05, 3.63) is 70.4 Å². The van der Waals surface area contributed by atoms with Gasteiger partial charge >= 0.3 is 5.97 Å². The molecule has 0 aliphatic heterocycles. The summed E-state index contributed by atoms with van der Waals surface area (Å²) in [5, 5.41) is 13.4. The fourth-order valence-electron chi connectivity index (χ4n) is 2.06. The van der Waals surface area contributed by atoms with Gasteiger partial charge in [-0.3, -0.25) is 19.2 Å². The highest BCUT2D eigenvalue weighted by Crippen LogP contribution is 2.11. The number of carboxylic acid groups (broad SMARTS) is 1. The molecule has 0 radical (unpaired) electrons. The average Bonchev–Trinajstić information content (AvgIpc) is 2.72. The highest BCUT2D eigenvalue weighted by atomic mass is 16.5. The quantitative estimate of drug-likeness (QED) is 0.471. The summed E-state index contributed by atoms with van der Waals surface area (Å²) in [6.07, 6.45) is 2.48. The number of hydrogen-bond acceptors (Lipinski definition) is 6. The third kappa shape index (κ3) is 7.97. The minimum Gasteiger partial charge on any atom is -0.497 e. The normalized spacial score (nSPS) is 9.53. The standard InChI is InChI=1S/C17H18N4O6.C3H6/c1-27-11-4-2-10(3-5-11)8-20-15(24)12-9-19-14(21-16(12)25)17(26)18-7-6-13(22)23;1-3-2/h2-5,9H,6-8H2,1H3,(H,18,26)(H,20,24)(H,22,23)(H,19,21,25);3H,1H2,2H3. The van der Waals surface area contributed by atoms with Crippen molar-refractivity contribution in [2.45, 2.75) is 19.9 Å². The lowest BCUT2D eigenvalue weighted by atomic mass is 10.2. The van der Waals surface area contributed by atoms with Crippen molar-refractivity contribution >= 4 is 17.8 Å². The van der Waals surface area contributed by atoms with Gasteiger partial charge in [0.05, 0.1) is 13.5 Å². The van der Waals surface area contributed by atoms with E-state index in [2.05, 4.69) is 27.2 Å². The molecule has 0 unspecified atom stereocenters. The molecular weight excluding hydrogens is 392 g/mol. The molecule has 2 aromatic rings. The van der Waals surface area contributed by atoms with Gasteiger partial charge in [-0.25, -0.2) is 4.98 Å². The molecule has 0 saturated carbocycles. The molecule has 2 amide bonds. The SMILES string of the molecule is C=CC.COc1ccc(CNC(=O)c2cnc(C(=O)NCCC(=O)O)[nH]c2=O)cc1. The fraction of sp³-hybridized carbons (Fsp3) is 0.250. The van der Waals surface area contributed by atoms with E-state index in [-0.39, 0.29) is 30.9 Å². The van der Waals surface area contributed by atoms with Crippen LogP contribution in [0.3, 0.4) is 0 Å². The van der Waals surface area contributed by atoms with Gasteiger partial charge in [0.2, 0.25) is 0 Å². The van der Waals surface area contributed by atoms with E-state index < -0.39 is 23.3 Å². The minimum absolute atomic E-state index is 0.109. The van der Waals surface area contributed by atoms with Crippen LogP contribution in [-0.2, 0) is 11.3 Å². The minimum atomic E-state index is -1.07. The van der Waals surface area contributed by atoms with Gasteiger partial charge in [0.15, 0.2) is 5.82 Å². The van der Waals surface area contributed by atoms with Gasteiger partial charge in [0.1, 0.15) is 11.3 Å². The molecule has 0 saturated heterocycles. The van der Waals surface area contributed by atoms with Gasteiger partial charge in [0.25, 0.3) is 17.4 Å². The number of carbonyl (C=O) groups excluding carboxylic acids is 2. The molecular formula is C20H24N4O6. The molecule has 0 bridgehead atoms. The first-order valence-electron chi connectivity index (χ1n) is 8.89. The lowest BCUT2D eigenvalue weighted by Gasteiger charge is -2.07. The molecule has 10 nitrogen and oxygen atoms in total. The molecule has 0 aliphatic carbocycles. The van der Waals surface area contributed by atoms with Crippen LogP contribution in [0.25, 0.3) is 0 Å². The Morgan fingerprint density at radius 3 is 2.37 bits per heavy atom. The number of methoxy groups -OCH3 is 1. The molecule has 0 atom stereocenters. The third-order valence-corrected chi connectivity index (χ3v) is 3.50. The van der Waals surface area contributed by atoms with Crippen LogP contribution in [0.2, 0.25) is 0 Å². The number of hydrogen-bond donors (Lipinski definition) is 4. The maximum absolute atomic E-state index is 12.1. The Hall–Kier alpha value is -3.95. The molecule has 1 aromatic carbocycles.